The van der Waals surface area contributed by atoms with Crippen LogP contribution in [0, 0.1) is 0 Å². The van der Waals surface area contributed by atoms with Crippen molar-refractivity contribution in [1.82, 2.24) is 10.6 Å². The second kappa shape index (κ2) is 9.70. The summed E-state index contributed by atoms with van der Waals surface area (Å²) in [6, 6.07) is 23.7. The molecule has 0 unspecified atom stereocenters. The molecule has 7 heteroatoms. The van der Waals surface area contributed by atoms with Gasteiger partial charge < -0.3 is 20.7 Å². The minimum absolute atomic E-state index is 0.285. The number of hydrogen-bond donors (Lipinski definition) is 3. The highest BCUT2D eigenvalue weighted by Crippen LogP contribution is 2.29. The molecule has 3 amide bonds. The van der Waals surface area contributed by atoms with E-state index < -0.39 is 6.04 Å². The zero-order valence-corrected chi connectivity index (χ0v) is 19.0. The number of urea groups is 1. The minimum Gasteiger partial charge on any atom is -0.489 e. The van der Waals surface area contributed by atoms with Crippen molar-refractivity contribution in [3.05, 3.63) is 106 Å². The lowest BCUT2D eigenvalue weighted by Gasteiger charge is -2.28. The maximum absolute atomic E-state index is 13.1. The van der Waals surface area contributed by atoms with Crippen LogP contribution in [-0.4, -0.2) is 11.9 Å². The van der Waals surface area contributed by atoms with Crippen LogP contribution >= 0.6 is 15.9 Å². The molecule has 3 aromatic rings. The molecular formula is C25H22BrN3O3. The van der Waals surface area contributed by atoms with Gasteiger partial charge >= 0.3 is 6.03 Å². The SMILES string of the molecule is CC1=C(C(=O)Nc2ccc(Br)cc2)[C@H](c2ccc(OCc3ccccc3)cc2)NC(=O)N1. The Morgan fingerprint density at radius 2 is 1.69 bits per heavy atom. The number of rotatable bonds is 6. The van der Waals surface area contributed by atoms with Crippen LogP contribution in [0.15, 0.2) is 94.6 Å². The molecule has 162 valence electrons. The van der Waals surface area contributed by atoms with E-state index in [-0.39, 0.29) is 11.9 Å². The van der Waals surface area contributed by atoms with Gasteiger partial charge in [0, 0.05) is 15.9 Å². The number of amides is 3. The van der Waals surface area contributed by atoms with Crippen molar-refractivity contribution in [2.45, 2.75) is 19.6 Å². The Labute approximate surface area is 194 Å². The largest absolute Gasteiger partial charge is 0.489 e. The second-order valence-corrected chi connectivity index (χ2v) is 8.29. The molecule has 1 aliphatic heterocycles. The fourth-order valence-corrected chi connectivity index (χ4v) is 3.74. The lowest BCUT2D eigenvalue weighted by molar-refractivity contribution is -0.113. The molecule has 1 aliphatic rings. The normalized spacial score (nSPS) is 15.6. The molecule has 0 bridgehead atoms. The topological polar surface area (TPSA) is 79.5 Å². The predicted octanol–water partition coefficient (Wildman–Crippen LogP) is 5.29. The number of ether oxygens (including phenoxy) is 1. The summed E-state index contributed by atoms with van der Waals surface area (Å²) >= 11 is 3.38. The Kier molecular flexibility index (Phi) is 6.56. The highest BCUT2D eigenvalue weighted by Gasteiger charge is 2.31. The highest BCUT2D eigenvalue weighted by molar-refractivity contribution is 9.10. The van der Waals surface area contributed by atoms with Crippen LogP contribution in [0.4, 0.5) is 10.5 Å². The summed E-state index contributed by atoms with van der Waals surface area (Å²) in [7, 11) is 0. The Bertz CT molecular complexity index is 1140. The van der Waals surface area contributed by atoms with Gasteiger partial charge in [-0.15, -0.1) is 0 Å². The fraction of sp³-hybridized carbons (Fsp3) is 0.120. The molecule has 0 saturated carbocycles. The molecule has 0 fully saturated rings. The number of benzene rings is 3. The van der Waals surface area contributed by atoms with Crippen LogP contribution in [0.25, 0.3) is 0 Å². The third-order valence-corrected chi connectivity index (χ3v) is 5.61. The van der Waals surface area contributed by atoms with Crippen LogP contribution in [0.2, 0.25) is 0 Å². The maximum Gasteiger partial charge on any atom is 0.319 e. The van der Waals surface area contributed by atoms with Gasteiger partial charge in [-0.2, -0.15) is 0 Å². The molecule has 0 aromatic heterocycles. The van der Waals surface area contributed by atoms with Crippen molar-refractivity contribution in [3.63, 3.8) is 0 Å². The molecular weight excluding hydrogens is 470 g/mol. The number of anilines is 1. The van der Waals surface area contributed by atoms with E-state index in [1.165, 1.54) is 0 Å². The number of carbonyl (C=O) groups is 2. The van der Waals surface area contributed by atoms with Gasteiger partial charge in [0.2, 0.25) is 0 Å². The molecule has 1 heterocycles. The first-order valence-corrected chi connectivity index (χ1v) is 10.9. The Morgan fingerprint density at radius 1 is 1.00 bits per heavy atom. The number of nitrogens with one attached hydrogen (secondary N) is 3. The van der Waals surface area contributed by atoms with Crippen molar-refractivity contribution < 1.29 is 14.3 Å². The predicted molar refractivity (Wildman–Crippen MR) is 127 cm³/mol. The third-order valence-electron chi connectivity index (χ3n) is 5.08. The first-order valence-electron chi connectivity index (χ1n) is 10.1. The van der Waals surface area contributed by atoms with Crippen molar-refractivity contribution in [2.24, 2.45) is 0 Å². The van der Waals surface area contributed by atoms with Gasteiger partial charge in [-0.3, -0.25) is 4.79 Å². The summed E-state index contributed by atoms with van der Waals surface area (Å²) in [4.78, 5) is 25.2. The summed E-state index contributed by atoms with van der Waals surface area (Å²) in [5, 5.41) is 8.44. The van der Waals surface area contributed by atoms with Crippen LogP contribution in [0.5, 0.6) is 5.75 Å². The molecule has 32 heavy (non-hydrogen) atoms. The fourth-order valence-electron chi connectivity index (χ4n) is 3.47. The van der Waals surface area contributed by atoms with Gasteiger partial charge in [-0.25, -0.2) is 4.79 Å². The van der Waals surface area contributed by atoms with Crippen molar-refractivity contribution in [3.8, 4) is 5.75 Å². The van der Waals surface area contributed by atoms with Crippen molar-refractivity contribution in [2.75, 3.05) is 5.32 Å². The summed E-state index contributed by atoms with van der Waals surface area (Å²) in [5.74, 6) is 0.422. The quantitative estimate of drug-likeness (QED) is 0.437. The summed E-state index contributed by atoms with van der Waals surface area (Å²) in [6.07, 6.45) is 0. The lowest BCUT2D eigenvalue weighted by Crippen LogP contribution is -2.45. The van der Waals surface area contributed by atoms with Gasteiger partial charge in [0.1, 0.15) is 12.4 Å². The van der Waals surface area contributed by atoms with Gasteiger partial charge in [0.05, 0.1) is 11.6 Å². The summed E-state index contributed by atoms with van der Waals surface area (Å²) in [6.45, 7) is 2.18. The van der Waals surface area contributed by atoms with Crippen LogP contribution in [0.3, 0.4) is 0 Å². The zero-order valence-electron chi connectivity index (χ0n) is 17.4. The van der Waals surface area contributed by atoms with E-state index in [2.05, 4.69) is 31.9 Å². The Hall–Kier alpha value is -3.58. The van der Waals surface area contributed by atoms with E-state index in [4.69, 9.17) is 4.74 Å². The van der Waals surface area contributed by atoms with Gasteiger partial charge in [0.15, 0.2) is 0 Å². The van der Waals surface area contributed by atoms with E-state index in [1.807, 2.05) is 66.7 Å². The van der Waals surface area contributed by atoms with E-state index >= 15 is 0 Å². The van der Waals surface area contributed by atoms with Gasteiger partial charge in [-0.05, 0) is 54.4 Å². The van der Waals surface area contributed by atoms with Crippen molar-refractivity contribution in [1.29, 1.82) is 0 Å². The van der Waals surface area contributed by atoms with Crippen LogP contribution < -0.4 is 20.7 Å². The molecule has 4 rings (SSSR count). The molecule has 3 aromatic carbocycles. The molecule has 1 atom stereocenters. The zero-order chi connectivity index (χ0) is 22.5. The maximum atomic E-state index is 13.1. The van der Waals surface area contributed by atoms with Crippen LogP contribution in [0.1, 0.15) is 24.1 Å². The molecule has 0 saturated heterocycles. The Morgan fingerprint density at radius 3 is 2.38 bits per heavy atom. The monoisotopic (exact) mass is 491 g/mol. The molecule has 3 N–H and O–H groups in total. The van der Waals surface area contributed by atoms with Gasteiger partial charge in [0.25, 0.3) is 5.91 Å². The Balaban J connectivity index is 1.52. The van der Waals surface area contributed by atoms with E-state index in [0.717, 1.165) is 15.6 Å². The average molecular weight is 492 g/mol. The van der Waals surface area contributed by atoms with Crippen LogP contribution in [-0.2, 0) is 11.4 Å². The number of carbonyl (C=O) groups excluding carboxylic acids is 2. The summed E-state index contributed by atoms with van der Waals surface area (Å²) < 4.78 is 6.77. The van der Waals surface area contributed by atoms with Crippen molar-refractivity contribution >= 4 is 33.6 Å². The third kappa shape index (κ3) is 5.18. The first-order chi connectivity index (χ1) is 15.5. The smallest absolute Gasteiger partial charge is 0.319 e. The van der Waals surface area contributed by atoms with E-state index in [9.17, 15) is 9.59 Å². The van der Waals surface area contributed by atoms with Gasteiger partial charge in [-0.1, -0.05) is 58.4 Å². The second-order valence-electron chi connectivity index (χ2n) is 7.37. The van der Waals surface area contributed by atoms with E-state index in [1.54, 1.807) is 19.1 Å². The number of halogens is 1. The standard InChI is InChI=1S/C25H22BrN3O3/c1-16-22(24(30)28-20-11-9-19(26)10-12-20)23(29-25(31)27-16)18-7-13-21(14-8-18)32-15-17-5-3-2-4-6-17/h2-14,23H,15H2,1H3,(H,28,30)(H2,27,29,31)/t23-/m0/s1. The lowest BCUT2D eigenvalue weighted by atomic mass is 9.94. The first kappa shape index (κ1) is 21.6. The average Bonchev–Trinajstić information content (AvgIpc) is 2.79. The minimum atomic E-state index is -0.581. The molecule has 0 radical (unpaired) electrons. The highest BCUT2D eigenvalue weighted by atomic mass is 79.9. The molecule has 0 spiro atoms. The molecule has 0 aliphatic carbocycles. The summed E-state index contributed by atoms with van der Waals surface area (Å²) in [5.41, 5.74) is 3.49. The number of hydrogen-bond acceptors (Lipinski definition) is 3. The molecule has 6 nitrogen and oxygen atoms in total. The van der Waals surface area contributed by atoms with E-state index in [0.29, 0.717) is 29.3 Å². The number of allylic oxidation sites excluding steroid dienone is 1.